The summed E-state index contributed by atoms with van der Waals surface area (Å²) in [5.74, 6) is 0.0685. The maximum atomic E-state index is 12.1. The first kappa shape index (κ1) is 14.5. The Morgan fingerprint density at radius 3 is 2.55 bits per heavy atom. The Labute approximate surface area is 125 Å². The standard InChI is InChI=1S/C16H14F2N2O2/c17-16(18)22-12-7-5-11(6-8-12)15(21)9-20-10-19-13-3-1-2-4-14(13)20/h1-8,10,15-16,21H,9H2. The predicted molar refractivity (Wildman–Crippen MR) is 77.8 cm³/mol. The summed E-state index contributed by atoms with van der Waals surface area (Å²) in [6.45, 7) is -2.52. The van der Waals surface area contributed by atoms with E-state index in [4.69, 9.17) is 0 Å². The van der Waals surface area contributed by atoms with Crippen LogP contribution >= 0.6 is 0 Å². The lowest BCUT2D eigenvalue weighted by Crippen LogP contribution is -2.08. The average molecular weight is 304 g/mol. The van der Waals surface area contributed by atoms with Crippen LogP contribution in [-0.2, 0) is 6.54 Å². The van der Waals surface area contributed by atoms with Gasteiger partial charge in [-0.2, -0.15) is 8.78 Å². The maximum absolute atomic E-state index is 12.1. The number of imidazole rings is 1. The number of ether oxygens (including phenoxy) is 1. The molecule has 0 saturated carbocycles. The topological polar surface area (TPSA) is 47.3 Å². The first-order valence-electron chi connectivity index (χ1n) is 6.76. The minimum atomic E-state index is -2.85. The van der Waals surface area contributed by atoms with Crippen LogP contribution in [0.2, 0.25) is 0 Å². The summed E-state index contributed by atoms with van der Waals surface area (Å²) in [6.07, 6.45) is 0.903. The molecule has 6 heteroatoms. The number of nitrogens with zero attached hydrogens (tertiary/aromatic N) is 2. The molecule has 4 nitrogen and oxygen atoms in total. The molecule has 0 saturated heterocycles. The summed E-state index contributed by atoms with van der Waals surface area (Å²) in [7, 11) is 0. The molecule has 0 aliphatic heterocycles. The monoisotopic (exact) mass is 304 g/mol. The number of benzene rings is 2. The zero-order valence-electron chi connectivity index (χ0n) is 11.6. The molecule has 0 amide bonds. The molecule has 0 fully saturated rings. The fourth-order valence-corrected chi connectivity index (χ4v) is 2.32. The Kier molecular flexibility index (Phi) is 4.02. The van der Waals surface area contributed by atoms with Gasteiger partial charge in [0.15, 0.2) is 0 Å². The van der Waals surface area contributed by atoms with Crippen molar-refractivity contribution in [1.82, 2.24) is 9.55 Å². The first-order valence-corrected chi connectivity index (χ1v) is 6.76. The van der Waals surface area contributed by atoms with E-state index >= 15 is 0 Å². The van der Waals surface area contributed by atoms with Crippen LogP contribution in [0.1, 0.15) is 11.7 Å². The summed E-state index contributed by atoms with van der Waals surface area (Å²) in [4.78, 5) is 4.26. The number of rotatable bonds is 5. The van der Waals surface area contributed by atoms with Crippen LogP contribution in [0.25, 0.3) is 11.0 Å². The average Bonchev–Trinajstić information content (AvgIpc) is 2.91. The van der Waals surface area contributed by atoms with Crippen molar-refractivity contribution in [2.75, 3.05) is 0 Å². The van der Waals surface area contributed by atoms with Gasteiger partial charge in [-0.05, 0) is 29.8 Å². The maximum Gasteiger partial charge on any atom is 0.387 e. The molecule has 0 spiro atoms. The van der Waals surface area contributed by atoms with Gasteiger partial charge in [0.1, 0.15) is 5.75 Å². The van der Waals surface area contributed by atoms with Gasteiger partial charge in [-0.1, -0.05) is 24.3 Å². The second kappa shape index (κ2) is 6.11. The quantitative estimate of drug-likeness (QED) is 0.786. The second-order valence-electron chi connectivity index (χ2n) is 4.85. The van der Waals surface area contributed by atoms with Gasteiger partial charge in [-0.25, -0.2) is 4.98 Å². The van der Waals surface area contributed by atoms with E-state index in [1.54, 1.807) is 18.5 Å². The van der Waals surface area contributed by atoms with E-state index in [1.807, 2.05) is 28.8 Å². The molecule has 0 radical (unpaired) electrons. The molecule has 0 bridgehead atoms. The number of alkyl halides is 2. The molecular formula is C16H14F2N2O2. The van der Waals surface area contributed by atoms with E-state index in [0.717, 1.165) is 11.0 Å². The van der Waals surface area contributed by atoms with Gasteiger partial charge in [-0.3, -0.25) is 0 Å². The van der Waals surface area contributed by atoms with Crippen molar-refractivity contribution in [3.8, 4) is 5.75 Å². The van der Waals surface area contributed by atoms with Gasteiger partial charge in [-0.15, -0.1) is 0 Å². The van der Waals surface area contributed by atoms with E-state index in [1.165, 1.54) is 12.1 Å². The minimum absolute atomic E-state index is 0.0685. The number of para-hydroxylation sites is 2. The van der Waals surface area contributed by atoms with Crippen LogP contribution in [0.3, 0.4) is 0 Å². The van der Waals surface area contributed by atoms with Crippen LogP contribution in [-0.4, -0.2) is 21.3 Å². The molecule has 0 aliphatic rings. The lowest BCUT2D eigenvalue weighted by atomic mass is 10.1. The molecule has 114 valence electrons. The van der Waals surface area contributed by atoms with Gasteiger partial charge in [0.05, 0.1) is 30.0 Å². The molecule has 1 heterocycles. The third-order valence-corrected chi connectivity index (χ3v) is 3.39. The van der Waals surface area contributed by atoms with Crippen LogP contribution in [0, 0.1) is 0 Å². The van der Waals surface area contributed by atoms with E-state index in [0.29, 0.717) is 12.1 Å². The van der Waals surface area contributed by atoms with E-state index in [-0.39, 0.29) is 5.75 Å². The third-order valence-electron chi connectivity index (χ3n) is 3.39. The number of hydrogen-bond donors (Lipinski definition) is 1. The van der Waals surface area contributed by atoms with Crippen LogP contribution in [0.4, 0.5) is 8.78 Å². The first-order chi connectivity index (χ1) is 10.6. The zero-order chi connectivity index (χ0) is 15.5. The number of aliphatic hydroxyl groups is 1. The largest absolute Gasteiger partial charge is 0.435 e. The molecule has 22 heavy (non-hydrogen) atoms. The summed E-state index contributed by atoms with van der Waals surface area (Å²) in [5, 5.41) is 10.3. The van der Waals surface area contributed by atoms with Crippen molar-refractivity contribution >= 4 is 11.0 Å². The van der Waals surface area contributed by atoms with Gasteiger partial charge < -0.3 is 14.4 Å². The van der Waals surface area contributed by atoms with Crippen LogP contribution < -0.4 is 4.74 Å². The summed E-state index contributed by atoms with van der Waals surface area (Å²) < 4.78 is 30.3. The number of hydrogen-bond acceptors (Lipinski definition) is 3. The summed E-state index contributed by atoms with van der Waals surface area (Å²) >= 11 is 0. The lowest BCUT2D eigenvalue weighted by molar-refractivity contribution is -0.0498. The SMILES string of the molecule is OC(Cn1cnc2ccccc21)c1ccc(OC(F)F)cc1. The lowest BCUT2D eigenvalue weighted by Gasteiger charge is -2.13. The van der Waals surface area contributed by atoms with Gasteiger partial charge in [0.25, 0.3) is 0 Å². The van der Waals surface area contributed by atoms with Gasteiger partial charge >= 0.3 is 6.61 Å². The van der Waals surface area contributed by atoms with Gasteiger partial charge in [0, 0.05) is 0 Å². The van der Waals surface area contributed by atoms with Crippen molar-refractivity contribution in [2.45, 2.75) is 19.3 Å². The Balaban J connectivity index is 1.75. The number of fused-ring (bicyclic) bond motifs is 1. The molecule has 1 atom stereocenters. The van der Waals surface area contributed by atoms with E-state index < -0.39 is 12.7 Å². The molecular weight excluding hydrogens is 290 g/mol. The van der Waals surface area contributed by atoms with E-state index in [2.05, 4.69) is 9.72 Å². The fourth-order valence-electron chi connectivity index (χ4n) is 2.32. The summed E-state index contributed by atoms with van der Waals surface area (Å²) in [6, 6.07) is 13.6. The highest BCUT2D eigenvalue weighted by Gasteiger charge is 2.11. The molecule has 3 aromatic rings. The molecule has 1 N–H and O–H groups in total. The number of aliphatic hydroxyl groups excluding tert-OH is 1. The molecule has 1 unspecified atom stereocenters. The van der Waals surface area contributed by atoms with E-state index in [9.17, 15) is 13.9 Å². The Morgan fingerprint density at radius 2 is 1.82 bits per heavy atom. The predicted octanol–water partition coefficient (Wildman–Crippen LogP) is 3.37. The zero-order valence-corrected chi connectivity index (χ0v) is 11.6. The van der Waals surface area contributed by atoms with Crippen LogP contribution in [0.15, 0.2) is 54.9 Å². The van der Waals surface area contributed by atoms with Crippen molar-refractivity contribution in [3.05, 3.63) is 60.4 Å². The molecule has 0 aliphatic carbocycles. The van der Waals surface area contributed by atoms with Crippen molar-refractivity contribution in [1.29, 1.82) is 0 Å². The van der Waals surface area contributed by atoms with Crippen molar-refractivity contribution < 1.29 is 18.6 Å². The Bertz CT molecular complexity index is 756. The molecule has 2 aromatic carbocycles. The minimum Gasteiger partial charge on any atom is -0.435 e. The van der Waals surface area contributed by atoms with Crippen molar-refractivity contribution in [2.24, 2.45) is 0 Å². The smallest absolute Gasteiger partial charge is 0.387 e. The molecule has 3 rings (SSSR count). The fraction of sp³-hybridized carbons (Fsp3) is 0.188. The van der Waals surface area contributed by atoms with Crippen molar-refractivity contribution in [3.63, 3.8) is 0 Å². The second-order valence-corrected chi connectivity index (χ2v) is 4.85. The highest BCUT2D eigenvalue weighted by molar-refractivity contribution is 5.74. The summed E-state index contributed by atoms with van der Waals surface area (Å²) in [5.41, 5.74) is 2.41. The van der Waals surface area contributed by atoms with Crippen LogP contribution in [0.5, 0.6) is 5.75 Å². The number of halogens is 2. The highest BCUT2D eigenvalue weighted by Crippen LogP contribution is 2.22. The third kappa shape index (κ3) is 3.07. The molecule has 1 aromatic heterocycles. The Morgan fingerprint density at radius 1 is 1.09 bits per heavy atom. The normalized spacial score (nSPS) is 12.7. The number of aromatic nitrogens is 2. The highest BCUT2D eigenvalue weighted by atomic mass is 19.3. The Hall–Kier alpha value is -2.47. The van der Waals surface area contributed by atoms with Gasteiger partial charge in [0.2, 0.25) is 0 Å².